The maximum atomic E-state index is 12.4. The Morgan fingerprint density at radius 1 is 1.13 bits per heavy atom. The summed E-state index contributed by atoms with van der Waals surface area (Å²) in [5, 5.41) is 9.12. The van der Waals surface area contributed by atoms with Crippen molar-refractivity contribution >= 4 is 5.97 Å². The lowest BCUT2D eigenvalue weighted by molar-refractivity contribution is -0.153. The SMILES string of the molecule is O=C(O)C1(CC(F)F)CCCCCCC1. The molecule has 0 aromatic heterocycles. The number of halogens is 2. The van der Waals surface area contributed by atoms with Crippen LogP contribution in [0.25, 0.3) is 0 Å². The molecule has 4 heteroatoms. The predicted octanol–water partition coefficient (Wildman–Crippen LogP) is 3.46. The van der Waals surface area contributed by atoms with Gasteiger partial charge in [-0.15, -0.1) is 0 Å². The fraction of sp³-hybridized carbons (Fsp3) is 0.909. The molecule has 0 radical (unpaired) electrons. The molecule has 0 saturated heterocycles. The maximum absolute atomic E-state index is 12.4. The number of alkyl halides is 2. The Kier molecular flexibility index (Phi) is 4.48. The molecule has 0 aromatic carbocycles. The van der Waals surface area contributed by atoms with E-state index >= 15 is 0 Å². The van der Waals surface area contributed by atoms with E-state index in [2.05, 4.69) is 0 Å². The topological polar surface area (TPSA) is 37.3 Å². The van der Waals surface area contributed by atoms with E-state index in [0.717, 1.165) is 32.1 Å². The summed E-state index contributed by atoms with van der Waals surface area (Å²) >= 11 is 0. The number of carbonyl (C=O) groups is 1. The third kappa shape index (κ3) is 3.43. The molecule has 0 unspecified atom stereocenters. The van der Waals surface area contributed by atoms with Crippen LogP contribution >= 0.6 is 0 Å². The summed E-state index contributed by atoms with van der Waals surface area (Å²) in [5.74, 6) is -1.04. The quantitative estimate of drug-likeness (QED) is 0.790. The summed E-state index contributed by atoms with van der Waals surface area (Å²) in [6, 6.07) is 0. The molecule has 88 valence electrons. The van der Waals surface area contributed by atoms with Crippen molar-refractivity contribution in [2.24, 2.45) is 5.41 Å². The zero-order valence-corrected chi connectivity index (χ0v) is 8.85. The first-order chi connectivity index (χ1) is 7.07. The average Bonchev–Trinajstić information content (AvgIpc) is 2.08. The van der Waals surface area contributed by atoms with Crippen molar-refractivity contribution in [2.45, 2.75) is 57.8 Å². The minimum absolute atomic E-state index is 0.409. The fourth-order valence-electron chi connectivity index (χ4n) is 2.38. The van der Waals surface area contributed by atoms with E-state index in [1.54, 1.807) is 0 Å². The van der Waals surface area contributed by atoms with Crippen LogP contribution < -0.4 is 0 Å². The van der Waals surface area contributed by atoms with Gasteiger partial charge in [-0.2, -0.15) is 0 Å². The van der Waals surface area contributed by atoms with Crippen LogP contribution in [0.2, 0.25) is 0 Å². The van der Waals surface area contributed by atoms with Gasteiger partial charge in [0.25, 0.3) is 0 Å². The standard InChI is InChI=1S/C11H18F2O2/c12-9(13)8-11(10(14)15)6-4-2-1-3-5-7-11/h9H,1-8H2,(H,14,15). The molecular weight excluding hydrogens is 202 g/mol. The highest BCUT2D eigenvalue weighted by molar-refractivity contribution is 5.74. The van der Waals surface area contributed by atoms with E-state index in [1.165, 1.54) is 0 Å². The van der Waals surface area contributed by atoms with E-state index in [0.29, 0.717) is 12.8 Å². The summed E-state index contributed by atoms with van der Waals surface area (Å²) in [6.45, 7) is 0. The van der Waals surface area contributed by atoms with Crippen molar-refractivity contribution in [1.29, 1.82) is 0 Å². The second-order valence-electron chi connectivity index (χ2n) is 4.45. The Bertz CT molecular complexity index is 209. The number of aliphatic carboxylic acids is 1. The molecule has 1 fully saturated rings. The maximum Gasteiger partial charge on any atom is 0.309 e. The van der Waals surface area contributed by atoms with Crippen molar-refractivity contribution in [2.75, 3.05) is 0 Å². The van der Waals surface area contributed by atoms with E-state index in [1.807, 2.05) is 0 Å². The van der Waals surface area contributed by atoms with Gasteiger partial charge in [-0.3, -0.25) is 4.79 Å². The minimum atomic E-state index is -2.51. The van der Waals surface area contributed by atoms with Gasteiger partial charge in [-0.1, -0.05) is 32.1 Å². The highest BCUT2D eigenvalue weighted by Gasteiger charge is 2.40. The molecule has 0 aromatic rings. The highest BCUT2D eigenvalue weighted by atomic mass is 19.3. The van der Waals surface area contributed by atoms with Gasteiger partial charge in [-0.05, 0) is 12.8 Å². The lowest BCUT2D eigenvalue weighted by Gasteiger charge is -2.30. The van der Waals surface area contributed by atoms with Gasteiger partial charge >= 0.3 is 5.97 Å². The van der Waals surface area contributed by atoms with Crippen LogP contribution in [0.5, 0.6) is 0 Å². The Morgan fingerprint density at radius 3 is 2.00 bits per heavy atom. The zero-order chi connectivity index (χ0) is 11.3. The normalized spacial score (nSPS) is 22.1. The second kappa shape index (κ2) is 5.42. The van der Waals surface area contributed by atoms with Crippen molar-refractivity contribution in [3.8, 4) is 0 Å². The monoisotopic (exact) mass is 220 g/mol. The predicted molar refractivity (Wildman–Crippen MR) is 53.0 cm³/mol. The average molecular weight is 220 g/mol. The first-order valence-corrected chi connectivity index (χ1v) is 5.58. The number of hydrogen-bond acceptors (Lipinski definition) is 1. The molecule has 1 N–H and O–H groups in total. The molecule has 0 heterocycles. The summed E-state index contributed by atoms with van der Waals surface area (Å²) in [7, 11) is 0. The van der Waals surface area contributed by atoms with Crippen LogP contribution in [0.1, 0.15) is 51.4 Å². The van der Waals surface area contributed by atoms with Gasteiger partial charge < -0.3 is 5.11 Å². The molecule has 1 aliphatic carbocycles. The second-order valence-corrected chi connectivity index (χ2v) is 4.45. The van der Waals surface area contributed by atoms with Crippen LogP contribution in [0, 0.1) is 5.41 Å². The van der Waals surface area contributed by atoms with Crippen molar-refractivity contribution in [3.63, 3.8) is 0 Å². The molecule has 0 aliphatic heterocycles. The lowest BCUT2D eigenvalue weighted by atomic mass is 9.74. The molecule has 0 spiro atoms. The van der Waals surface area contributed by atoms with Gasteiger partial charge in [0.05, 0.1) is 5.41 Å². The third-order valence-electron chi connectivity index (χ3n) is 3.31. The van der Waals surface area contributed by atoms with Crippen molar-refractivity contribution in [3.05, 3.63) is 0 Å². The number of rotatable bonds is 3. The highest BCUT2D eigenvalue weighted by Crippen LogP contribution is 2.39. The third-order valence-corrected chi connectivity index (χ3v) is 3.31. The molecule has 1 saturated carbocycles. The first kappa shape index (κ1) is 12.4. The number of hydrogen-bond donors (Lipinski definition) is 1. The van der Waals surface area contributed by atoms with E-state index < -0.39 is 24.2 Å². The first-order valence-electron chi connectivity index (χ1n) is 5.58. The van der Waals surface area contributed by atoms with Gasteiger partial charge in [-0.25, -0.2) is 8.78 Å². The van der Waals surface area contributed by atoms with Gasteiger partial charge in [0.1, 0.15) is 0 Å². The molecule has 2 nitrogen and oxygen atoms in total. The Morgan fingerprint density at radius 2 is 1.60 bits per heavy atom. The Labute approximate surface area is 88.7 Å². The molecule has 1 rings (SSSR count). The Hall–Kier alpha value is -0.670. The van der Waals surface area contributed by atoms with E-state index in [4.69, 9.17) is 5.11 Å². The minimum Gasteiger partial charge on any atom is -0.481 e. The van der Waals surface area contributed by atoms with E-state index in [9.17, 15) is 13.6 Å². The van der Waals surface area contributed by atoms with Crippen LogP contribution in [0.3, 0.4) is 0 Å². The van der Waals surface area contributed by atoms with Crippen LogP contribution in [0.4, 0.5) is 8.78 Å². The van der Waals surface area contributed by atoms with Crippen LogP contribution in [0.15, 0.2) is 0 Å². The smallest absolute Gasteiger partial charge is 0.309 e. The molecule has 1 aliphatic rings. The van der Waals surface area contributed by atoms with Crippen LogP contribution in [-0.2, 0) is 4.79 Å². The molecule has 0 atom stereocenters. The molecular formula is C11H18F2O2. The number of carboxylic acid groups (broad SMARTS) is 1. The molecule has 15 heavy (non-hydrogen) atoms. The van der Waals surface area contributed by atoms with Gasteiger partial charge in [0.2, 0.25) is 6.43 Å². The van der Waals surface area contributed by atoms with Gasteiger partial charge in [0, 0.05) is 6.42 Å². The van der Waals surface area contributed by atoms with Crippen LogP contribution in [-0.4, -0.2) is 17.5 Å². The lowest BCUT2D eigenvalue weighted by Crippen LogP contribution is -2.34. The van der Waals surface area contributed by atoms with Crippen molar-refractivity contribution in [1.82, 2.24) is 0 Å². The molecule has 0 bridgehead atoms. The van der Waals surface area contributed by atoms with Gasteiger partial charge in [0.15, 0.2) is 0 Å². The zero-order valence-electron chi connectivity index (χ0n) is 8.85. The fourth-order valence-corrected chi connectivity index (χ4v) is 2.38. The van der Waals surface area contributed by atoms with E-state index in [-0.39, 0.29) is 0 Å². The summed E-state index contributed by atoms with van der Waals surface area (Å²) in [4.78, 5) is 11.1. The van der Waals surface area contributed by atoms with Crippen molar-refractivity contribution < 1.29 is 18.7 Å². The summed E-state index contributed by atoms with van der Waals surface area (Å²) < 4.78 is 24.8. The number of carboxylic acids is 1. The Balaban J connectivity index is 2.71. The summed E-state index contributed by atoms with van der Waals surface area (Å²) in [5.41, 5.74) is -1.16. The molecule has 0 amide bonds. The largest absolute Gasteiger partial charge is 0.481 e. The summed E-state index contributed by atoms with van der Waals surface area (Å²) in [6.07, 6.45) is 2.39.